The number of rotatable bonds is 2. The van der Waals surface area contributed by atoms with Crippen molar-refractivity contribution in [1.82, 2.24) is 9.97 Å². The molecule has 2 nitrogen and oxygen atoms in total. The molecule has 1 aromatic carbocycles. The zero-order chi connectivity index (χ0) is 14.9. The Balaban J connectivity index is 2.36. The fourth-order valence-electron chi connectivity index (χ4n) is 1.46. The zero-order valence-electron chi connectivity index (χ0n) is 11.2. The van der Waals surface area contributed by atoms with Crippen molar-refractivity contribution in [2.24, 2.45) is 0 Å². The lowest BCUT2D eigenvalue weighted by Gasteiger charge is -2.17. The summed E-state index contributed by atoms with van der Waals surface area (Å²) in [6, 6.07) is 5.21. The van der Waals surface area contributed by atoms with Crippen LogP contribution in [0.15, 0.2) is 38.8 Å². The van der Waals surface area contributed by atoms with Gasteiger partial charge in [0.05, 0.1) is 0 Å². The van der Waals surface area contributed by atoms with Crippen molar-refractivity contribution in [2.45, 2.75) is 36.1 Å². The van der Waals surface area contributed by atoms with Crippen LogP contribution in [0.5, 0.6) is 0 Å². The van der Waals surface area contributed by atoms with Crippen LogP contribution in [0.25, 0.3) is 0 Å². The lowest BCUT2D eigenvalue weighted by Crippen LogP contribution is -2.16. The average molecular weight is 359 g/mol. The number of benzene rings is 1. The minimum Gasteiger partial charge on any atom is -0.226 e. The molecule has 0 atom stereocenters. The maximum Gasteiger partial charge on any atom is 0.140 e. The molecule has 6 heteroatoms. The van der Waals surface area contributed by atoms with E-state index in [9.17, 15) is 8.78 Å². The normalized spacial score (nSPS) is 11.7. The Bertz CT molecular complexity index is 642. The van der Waals surface area contributed by atoms with Crippen molar-refractivity contribution in [3.8, 4) is 0 Å². The van der Waals surface area contributed by atoms with Gasteiger partial charge in [0.25, 0.3) is 0 Å². The van der Waals surface area contributed by atoms with Crippen LogP contribution < -0.4 is 0 Å². The molecule has 0 bridgehead atoms. The first kappa shape index (κ1) is 15.4. The molecule has 0 spiro atoms. The molecule has 0 aliphatic carbocycles. The van der Waals surface area contributed by atoms with Crippen LogP contribution in [-0.2, 0) is 5.41 Å². The molecule has 1 aromatic heterocycles. The highest BCUT2D eigenvalue weighted by molar-refractivity contribution is 9.10. The molecule has 0 amide bonds. The lowest BCUT2D eigenvalue weighted by molar-refractivity contribution is 0.536. The number of hydrogen-bond acceptors (Lipinski definition) is 3. The first-order valence-corrected chi connectivity index (χ1v) is 7.54. The van der Waals surface area contributed by atoms with E-state index in [4.69, 9.17) is 0 Å². The van der Waals surface area contributed by atoms with Gasteiger partial charge in [0, 0.05) is 22.4 Å². The van der Waals surface area contributed by atoms with E-state index in [-0.39, 0.29) is 5.41 Å². The van der Waals surface area contributed by atoms with Crippen LogP contribution in [0.2, 0.25) is 0 Å². The SMILES string of the molecule is CC(C)(C)c1nc(Br)cc(Sc2ccc(F)cc2F)n1. The second-order valence-electron chi connectivity index (χ2n) is 5.28. The minimum absolute atomic E-state index is 0.208. The number of nitrogens with zero attached hydrogens (tertiary/aromatic N) is 2. The highest BCUT2D eigenvalue weighted by Crippen LogP contribution is 2.31. The summed E-state index contributed by atoms with van der Waals surface area (Å²) in [4.78, 5) is 9.08. The number of hydrogen-bond donors (Lipinski definition) is 0. The molecule has 1 heterocycles. The number of halogens is 3. The molecule has 0 N–H and O–H groups in total. The number of aromatic nitrogens is 2. The summed E-state index contributed by atoms with van der Waals surface area (Å²) in [7, 11) is 0. The van der Waals surface area contributed by atoms with Crippen molar-refractivity contribution in [3.05, 3.63) is 46.3 Å². The Morgan fingerprint density at radius 3 is 2.40 bits per heavy atom. The Hall–Kier alpha value is -1.01. The van der Waals surface area contributed by atoms with Crippen molar-refractivity contribution < 1.29 is 8.78 Å². The molecular weight excluding hydrogens is 346 g/mol. The van der Waals surface area contributed by atoms with Gasteiger partial charge >= 0.3 is 0 Å². The van der Waals surface area contributed by atoms with Crippen molar-refractivity contribution in [2.75, 3.05) is 0 Å². The van der Waals surface area contributed by atoms with Crippen molar-refractivity contribution in [3.63, 3.8) is 0 Å². The second kappa shape index (κ2) is 5.77. The van der Waals surface area contributed by atoms with Crippen molar-refractivity contribution in [1.29, 1.82) is 0 Å². The fraction of sp³-hybridized carbons (Fsp3) is 0.286. The molecule has 2 aromatic rings. The molecular formula is C14H13BrF2N2S. The molecule has 0 fully saturated rings. The summed E-state index contributed by atoms with van der Waals surface area (Å²) in [6.45, 7) is 6.01. The van der Waals surface area contributed by atoms with E-state index in [2.05, 4.69) is 25.9 Å². The first-order chi connectivity index (χ1) is 9.25. The van der Waals surface area contributed by atoms with Gasteiger partial charge in [-0.2, -0.15) is 0 Å². The van der Waals surface area contributed by atoms with Gasteiger partial charge in [-0.1, -0.05) is 32.5 Å². The molecule has 0 saturated carbocycles. The predicted molar refractivity (Wildman–Crippen MR) is 78.9 cm³/mol. The van der Waals surface area contributed by atoms with Gasteiger partial charge in [0.1, 0.15) is 27.1 Å². The summed E-state index contributed by atoms with van der Waals surface area (Å²) in [5.41, 5.74) is -0.208. The second-order valence-corrected chi connectivity index (χ2v) is 7.15. The van der Waals surface area contributed by atoms with E-state index in [0.29, 0.717) is 20.3 Å². The van der Waals surface area contributed by atoms with Crippen LogP contribution in [-0.4, -0.2) is 9.97 Å². The van der Waals surface area contributed by atoms with Gasteiger partial charge in [-0.3, -0.25) is 0 Å². The van der Waals surface area contributed by atoms with Gasteiger partial charge in [-0.25, -0.2) is 18.7 Å². The van der Waals surface area contributed by atoms with E-state index < -0.39 is 11.6 Å². The van der Waals surface area contributed by atoms with Crippen molar-refractivity contribution >= 4 is 27.7 Å². The molecule has 20 heavy (non-hydrogen) atoms. The maximum atomic E-state index is 13.7. The zero-order valence-corrected chi connectivity index (χ0v) is 13.6. The Morgan fingerprint density at radius 1 is 1.10 bits per heavy atom. The molecule has 0 aliphatic rings. The summed E-state index contributed by atoms with van der Waals surface area (Å²) in [5.74, 6) is -0.523. The highest BCUT2D eigenvalue weighted by atomic mass is 79.9. The van der Waals surface area contributed by atoms with Gasteiger partial charge in [0.2, 0.25) is 0 Å². The van der Waals surface area contributed by atoms with Gasteiger partial charge in [-0.15, -0.1) is 0 Å². The van der Waals surface area contributed by atoms with Crippen LogP contribution >= 0.6 is 27.7 Å². The smallest absolute Gasteiger partial charge is 0.140 e. The third-order valence-electron chi connectivity index (χ3n) is 2.45. The highest BCUT2D eigenvalue weighted by Gasteiger charge is 2.19. The Kier molecular flexibility index (Phi) is 4.44. The Labute approximate surface area is 129 Å². The first-order valence-electron chi connectivity index (χ1n) is 5.94. The van der Waals surface area contributed by atoms with Crippen LogP contribution in [0.1, 0.15) is 26.6 Å². The maximum absolute atomic E-state index is 13.7. The van der Waals surface area contributed by atoms with Crippen LogP contribution in [0.4, 0.5) is 8.78 Å². The average Bonchev–Trinajstić information content (AvgIpc) is 2.31. The predicted octanol–water partition coefficient (Wildman–Crippen LogP) is 4.97. The van der Waals surface area contributed by atoms with E-state index in [1.165, 1.54) is 12.1 Å². The van der Waals surface area contributed by atoms with Gasteiger partial charge in [0.15, 0.2) is 0 Å². The van der Waals surface area contributed by atoms with E-state index in [0.717, 1.165) is 17.8 Å². The molecule has 106 valence electrons. The molecule has 0 saturated heterocycles. The van der Waals surface area contributed by atoms with Gasteiger partial charge < -0.3 is 0 Å². The van der Waals surface area contributed by atoms with E-state index >= 15 is 0 Å². The minimum atomic E-state index is -0.595. The van der Waals surface area contributed by atoms with Crippen LogP contribution in [0.3, 0.4) is 0 Å². The largest absolute Gasteiger partial charge is 0.226 e. The monoisotopic (exact) mass is 358 g/mol. The summed E-state index contributed by atoms with van der Waals surface area (Å²) < 4.78 is 27.2. The lowest BCUT2D eigenvalue weighted by atomic mass is 9.96. The molecule has 0 radical (unpaired) electrons. The van der Waals surface area contributed by atoms with Crippen LogP contribution in [0, 0.1) is 11.6 Å². The topological polar surface area (TPSA) is 25.8 Å². The third kappa shape index (κ3) is 3.76. The molecule has 0 aliphatic heterocycles. The summed E-state index contributed by atoms with van der Waals surface area (Å²) in [5, 5.41) is 0.613. The third-order valence-corrected chi connectivity index (χ3v) is 3.83. The summed E-state index contributed by atoms with van der Waals surface area (Å²) >= 11 is 4.48. The molecule has 0 unspecified atom stereocenters. The molecule has 2 rings (SSSR count). The summed E-state index contributed by atoms with van der Waals surface area (Å²) in [6.07, 6.45) is 0. The Morgan fingerprint density at radius 2 is 1.80 bits per heavy atom. The quantitative estimate of drug-likeness (QED) is 0.709. The van der Waals surface area contributed by atoms with Gasteiger partial charge in [-0.05, 0) is 28.1 Å². The standard InChI is InChI=1S/C14H13BrF2N2S/c1-14(2,3)13-18-11(15)7-12(19-13)20-10-5-4-8(16)6-9(10)17/h4-7H,1-3H3. The van der Waals surface area contributed by atoms with E-state index in [1.807, 2.05) is 20.8 Å². The van der Waals surface area contributed by atoms with E-state index in [1.54, 1.807) is 6.07 Å². The fourth-order valence-corrected chi connectivity index (χ4v) is 2.81.